The van der Waals surface area contributed by atoms with E-state index in [0.29, 0.717) is 5.56 Å². The van der Waals surface area contributed by atoms with Crippen LogP contribution in [0.5, 0.6) is 0 Å². The normalized spacial score (nSPS) is 13.4. The number of aliphatic carboxylic acids is 1. The van der Waals surface area contributed by atoms with Gasteiger partial charge in [-0.1, -0.05) is 18.2 Å². The molecule has 0 aliphatic rings. The van der Waals surface area contributed by atoms with E-state index in [1.165, 1.54) is 30.4 Å². The van der Waals surface area contributed by atoms with Crippen molar-refractivity contribution in [3.05, 3.63) is 58.0 Å². The summed E-state index contributed by atoms with van der Waals surface area (Å²) >= 11 is 1.44. The molecule has 2 rings (SSSR count). The molecule has 21 heavy (non-hydrogen) atoms. The molecule has 2 N–H and O–H groups in total. The zero-order valence-electron chi connectivity index (χ0n) is 11.2. The molecule has 0 radical (unpaired) electrons. The summed E-state index contributed by atoms with van der Waals surface area (Å²) in [6.07, 6.45) is 0. The Kier molecular flexibility index (Phi) is 4.70. The van der Waals surface area contributed by atoms with E-state index in [2.05, 4.69) is 5.32 Å². The Hall–Kier alpha value is -2.21. The van der Waals surface area contributed by atoms with Gasteiger partial charge in [-0.3, -0.25) is 9.59 Å². The Morgan fingerprint density at radius 1 is 1.24 bits per heavy atom. The molecule has 1 heterocycles. The predicted molar refractivity (Wildman–Crippen MR) is 77.5 cm³/mol. The highest BCUT2D eigenvalue weighted by atomic mass is 32.1. The Morgan fingerprint density at radius 2 is 1.90 bits per heavy atom. The first-order chi connectivity index (χ1) is 9.99. The number of carboxylic acid groups (broad SMARTS) is 1. The first-order valence-electron chi connectivity index (χ1n) is 6.31. The van der Waals surface area contributed by atoms with Crippen LogP contribution in [0.4, 0.5) is 4.39 Å². The maximum Gasteiger partial charge on any atom is 0.315 e. The monoisotopic (exact) mass is 307 g/mol. The van der Waals surface area contributed by atoms with Gasteiger partial charge in [-0.25, -0.2) is 4.39 Å². The van der Waals surface area contributed by atoms with Gasteiger partial charge in [-0.15, -0.1) is 11.3 Å². The van der Waals surface area contributed by atoms with Gasteiger partial charge in [-0.05, 0) is 36.1 Å². The SMILES string of the molecule is CC(C(=O)O)C(=O)NC(c1ccc(F)cc1)c1cccs1. The smallest absolute Gasteiger partial charge is 0.315 e. The molecular formula is C15H14FNO3S. The standard InChI is InChI=1S/C15H14FNO3S/c1-9(15(19)20)14(18)17-13(12-3-2-8-21-12)10-4-6-11(16)7-5-10/h2-9,13H,1H3,(H,17,18)(H,19,20). The third kappa shape index (κ3) is 3.66. The second-order valence-corrected chi connectivity index (χ2v) is 5.55. The van der Waals surface area contributed by atoms with Crippen LogP contribution in [0, 0.1) is 11.7 Å². The average molecular weight is 307 g/mol. The van der Waals surface area contributed by atoms with Crippen LogP contribution in [-0.2, 0) is 9.59 Å². The third-order valence-corrected chi connectivity index (χ3v) is 4.02. The average Bonchev–Trinajstić information content (AvgIpc) is 2.98. The molecule has 2 atom stereocenters. The van der Waals surface area contributed by atoms with E-state index in [0.717, 1.165) is 4.88 Å². The number of thiophene rings is 1. The van der Waals surface area contributed by atoms with Crippen molar-refractivity contribution < 1.29 is 19.1 Å². The zero-order valence-corrected chi connectivity index (χ0v) is 12.1. The number of halogens is 1. The molecule has 0 saturated heterocycles. The number of carbonyl (C=O) groups excluding carboxylic acids is 1. The molecular weight excluding hydrogens is 293 g/mol. The lowest BCUT2D eigenvalue weighted by atomic mass is 10.0. The molecule has 1 aromatic heterocycles. The Labute approximate surface area is 125 Å². The number of rotatable bonds is 5. The largest absolute Gasteiger partial charge is 0.481 e. The second kappa shape index (κ2) is 6.49. The van der Waals surface area contributed by atoms with Crippen molar-refractivity contribution in [3.8, 4) is 0 Å². The fraction of sp³-hybridized carbons (Fsp3) is 0.200. The highest BCUT2D eigenvalue weighted by Gasteiger charge is 2.25. The van der Waals surface area contributed by atoms with Crippen LogP contribution in [0.25, 0.3) is 0 Å². The van der Waals surface area contributed by atoms with Gasteiger partial charge in [-0.2, -0.15) is 0 Å². The summed E-state index contributed by atoms with van der Waals surface area (Å²) < 4.78 is 13.0. The molecule has 4 nitrogen and oxygen atoms in total. The number of carboxylic acids is 1. The minimum Gasteiger partial charge on any atom is -0.481 e. The topological polar surface area (TPSA) is 66.4 Å². The maximum absolute atomic E-state index is 13.0. The van der Waals surface area contributed by atoms with Crippen molar-refractivity contribution in [2.24, 2.45) is 5.92 Å². The number of hydrogen-bond donors (Lipinski definition) is 2. The summed E-state index contributed by atoms with van der Waals surface area (Å²) in [5.74, 6) is -3.27. The van der Waals surface area contributed by atoms with Crippen LogP contribution in [0.3, 0.4) is 0 Å². The minimum absolute atomic E-state index is 0.367. The van der Waals surface area contributed by atoms with Gasteiger partial charge in [0.1, 0.15) is 11.7 Å². The number of carbonyl (C=O) groups is 2. The van der Waals surface area contributed by atoms with Gasteiger partial charge in [0.25, 0.3) is 0 Å². The lowest BCUT2D eigenvalue weighted by molar-refractivity contribution is -0.146. The molecule has 0 saturated carbocycles. The molecule has 2 aromatic rings. The first-order valence-corrected chi connectivity index (χ1v) is 7.19. The van der Waals surface area contributed by atoms with Crippen molar-refractivity contribution in [3.63, 3.8) is 0 Å². The number of hydrogen-bond acceptors (Lipinski definition) is 3. The summed E-state index contributed by atoms with van der Waals surface area (Å²) in [7, 11) is 0. The first kappa shape index (κ1) is 15.2. The highest BCUT2D eigenvalue weighted by Crippen LogP contribution is 2.26. The minimum atomic E-state index is -1.18. The van der Waals surface area contributed by atoms with Gasteiger partial charge < -0.3 is 10.4 Å². The van der Waals surface area contributed by atoms with Crippen molar-refractivity contribution >= 4 is 23.2 Å². The summed E-state index contributed by atoms with van der Waals surface area (Å²) in [5, 5.41) is 13.5. The molecule has 0 bridgehead atoms. The van der Waals surface area contributed by atoms with Crippen LogP contribution in [0.1, 0.15) is 23.4 Å². The van der Waals surface area contributed by atoms with Crippen molar-refractivity contribution in [2.45, 2.75) is 13.0 Å². The van der Waals surface area contributed by atoms with E-state index in [1.807, 2.05) is 17.5 Å². The fourth-order valence-electron chi connectivity index (χ4n) is 1.81. The summed E-state index contributed by atoms with van der Waals surface area (Å²) in [5.41, 5.74) is 0.699. The Morgan fingerprint density at radius 3 is 2.43 bits per heavy atom. The van der Waals surface area contributed by atoms with E-state index in [9.17, 15) is 14.0 Å². The second-order valence-electron chi connectivity index (χ2n) is 4.57. The number of benzene rings is 1. The van der Waals surface area contributed by atoms with Crippen LogP contribution in [0.2, 0.25) is 0 Å². The van der Waals surface area contributed by atoms with Crippen LogP contribution in [-0.4, -0.2) is 17.0 Å². The summed E-state index contributed by atoms with van der Waals surface area (Å²) in [6, 6.07) is 8.95. The van der Waals surface area contributed by atoms with Gasteiger partial charge in [0.15, 0.2) is 0 Å². The molecule has 6 heteroatoms. The number of amides is 1. The number of nitrogens with one attached hydrogen (secondary N) is 1. The van der Waals surface area contributed by atoms with Crippen LogP contribution >= 0.6 is 11.3 Å². The summed E-state index contributed by atoms with van der Waals surface area (Å²) in [6.45, 7) is 1.33. The van der Waals surface area contributed by atoms with Crippen LogP contribution < -0.4 is 5.32 Å². The van der Waals surface area contributed by atoms with E-state index in [-0.39, 0.29) is 5.82 Å². The summed E-state index contributed by atoms with van der Waals surface area (Å²) in [4.78, 5) is 23.7. The van der Waals surface area contributed by atoms with Crippen LogP contribution in [0.15, 0.2) is 41.8 Å². The van der Waals surface area contributed by atoms with E-state index < -0.39 is 23.8 Å². The van der Waals surface area contributed by atoms with Gasteiger partial charge in [0.2, 0.25) is 5.91 Å². The van der Waals surface area contributed by atoms with Crippen molar-refractivity contribution in [1.29, 1.82) is 0 Å². The van der Waals surface area contributed by atoms with E-state index in [1.54, 1.807) is 12.1 Å². The molecule has 1 amide bonds. The third-order valence-electron chi connectivity index (χ3n) is 3.08. The Balaban J connectivity index is 2.27. The van der Waals surface area contributed by atoms with Gasteiger partial charge in [0, 0.05) is 4.88 Å². The zero-order chi connectivity index (χ0) is 15.4. The van der Waals surface area contributed by atoms with Crippen molar-refractivity contribution in [1.82, 2.24) is 5.32 Å². The molecule has 110 valence electrons. The molecule has 0 spiro atoms. The highest BCUT2D eigenvalue weighted by molar-refractivity contribution is 7.10. The lowest BCUT2D eigenvalue weighted by Crippen LogP contribution is -2.36. The molecule has 2 unspecified atom stereocenters. The van der Waals surface area contributed by atoms with Gasteiger partial charge >= 0.3 is 5.97 Å². The predicted octanol–water partition coefficient (Wildman–Crippen LogP) is 2.81. The molecule has 0 fully saturated rings. The fourth-order valence-corrected chi connectivity index (χ4v) is 2.61. The maximum atomic E-state index is 13.0. The molecule has 0 aliphatic heterocycles. The molecule has 1 aromatic carbocycles. The lowest BCUT2D eigenvalue weighted by Gasteiger charge is -2.19. The van der Waals surface area contributed by atoms with Gasteiger partial charge in [0.05, 0.1) is 6.04 Å². The Bertz CT molecular complexity index is 625. The van der Waals surface area contributed by atoms with E-state index >= 15 is 0 Å². The molecule has 0 aliphatic carbocycles. The van der Waals surface area contributed by atoms with E-state index in [4.69, 9.17) is 5.11 Å². The quantitative estimate of drug-likeness (QED) is 0.835. The van der Waals surface area contributed by atoms with Crippen molar-refractivity contribution in [2.75, 3.05) is 0 Å².